The minimum atomic E-state index is -0.264. The van der Waals surface area contributed by atoms with Gasteiger partial charge in [0.1, 0.15) is 0 Å². The van der Waals surface area contributed by atoms with Gasteiger partial charge in [0.25, 0.3) is 0 Å². The minimum Gasteiger partial charge on any atom is -0.324 e. The number of nitrogens with one attached hydrogen (secondary N) is 1. The number of urea groups is 1. The fourth-order valence-electron chi connectivity index (χ4n) is 1.85. The number of carbonyl (C=O) groups is 1. The lowest BCUT2D eigenvalue weighted by molar-refractivity contribution is 0.208. The van der Waals surface area contributed by atoms with Gasteiger partial charge in [-0.15, -0.1) is 0 Å². The molecule has 2 aromatic rings. The first kappa shape index (κ1) is 15.5. The van der Waals surface area contributed by atoms with Crippen molar-refractivity contribution in [3.05, 3.63) is 42.5 Å². The molecule has 0 aliphatic carbocycles. The first-order valence-corrected chi connectivity index (χ1v) is 6.93. The van der Waals surface area contributed by atoms with Crippen LogP contribution < -0.4 is 5.32 Å². The van der Waals surface area contributed by atoms with Gasteiger partial charge in [0.05, 0.1) is 36.6 Å². The molecule has 0 fully saturated rings. The summed E-state index contributed by atoms with van der Waals surface area (Å²) in [5, 5.41) is 15.6. The summed E-state index contributed by atoms with van der Waals surface area (Å²) in [5.74, 6) is 0. The van der Waals surface area contributed by atoms with Crippen LogP contribution in [0.15, 0.2) is 36.8 Å². The van der Waals surface area contributed by atoms with Crippen molar-refractivity contribution in [1.82, 2.24) is 19.7 Å². The van der Waals surface area contributed by atoms with E-state index in [2.05, 4.69) is 21.5 Å². The van der Waals surface area contributed by atoms with Gasteiger partial charge < -0.3 is 10.2 Å². The molecule has 2 rings (SSSR count). The normalized spacial score (nSPS) is 11.5. The van der Waals surface area contributed by atoms with E-state index in [-0.39, 0.29) is 12.1 Å². The lowest BCUT2D eigenvalue weighted by atomic mass is 10.2. The van der Waals surface area contributed by atoms with Crippen molar-refractivity contribution >= 4 is 11.7 Å². The third kappa shape index (κ3) is 4.06. The second-order valence-corrected chi connectivity index (χ2v) is 5.00. The Morgan fingerprint density at radius 1 is 1.55 bits per heavy atom. The van der Waals surface area contributed by atoms with Crippen LogP contribution in [0.2, 0.25) is 0 Å². The van der Waals surface area contributed by atoms with Gasteiger partial charge >= 0.3 is 6.03 Å². The molecule has 0 aliphatic rings. The predicted octanol–water partition coefficient (Wildman–Crippen LogP) is 2.09. The average Bonchev–Trinajstić information content (AvgIpc) is 2.94. The molecule has 2 amide bonds. The number of rotatable bonds is 5. The summed E-state index contributed by atoms with van der Waals surface area (Å²) in [5.41, 5.74) is 1.50. The largest absolute Gasteiger partial charge is 0.324 e. The van der Waals surface area contributed by atoms with Gasteiger partial charge in [-0.2, -0.15) is 10.4 Å². The molecule has 2 heterocycles. The minimum absolute atomic E-state index is 0.145. The maximum atomic E-state index is 12.1. The summed E-state index contributed by atoms with van der Waals surface area (Å²) >= 11 is 0. The van der Waals surface area contributed by atoms with Crippen molar-refractivity contribution in [2.24, 2.45) is 0 Å². The molecule has 0 saturated heterocycles. The Hall–Kier alpha value is -2.88. The van der Waals surface area contributed by atoms with Crippen molar-refractivity contribution in [2.75, 3.05) is 12.4 Å². The number of carbonyl (C=O) groups excluding carboxylic acids is 1. The van der Waals surface area contributed by atoms with Crippen LogP contribution in [0.25, 0.3) is 0 Å². The standard InChI is InChI=1S/C15H18N6O/c1-12(6-7-16)20(2)15(22)19-14-9-18-21(11-14)10-13-5-3-4-8-17-13/h3-5,8-9,11-12H,6,10H2,1-2H3,(H,19,22). The van der Waals surface area contributed by atoms with Crippen LogP contribution >= 0.6 is 0 Å². The topological polar surface area (TPSA) is 86.8 Å². The van der Waals surface area contributed by atoms with E-state index < -0.39 is 0 Å². The highest BCUT2D eigenvalue weighted by Crippen LogP contribution is 2.09. The molecular weight excluding hydrogens is 280 g/mol. The highest BCUT2D eigenvalue weighted by atomic mass is 16.2. The number of anilines is 1. The maximum absolute atomic E-state index is 12.1. The maximum Gasteiger partial charge on any atom is 0.321 e. The summed E-state index contributed by atoms with van der Waals surface area (Å²) in [6.07, 6.45) is 5.36. The van der Waals surface area contributed by atoms with E-state index in [0.717, 1.165) is 5.69 Å². The first-order valence-electron chi connectivity index (χ1n) is 6.93. The Bertz CT molecular complexity index is 660. The molecular formula is C15H18N6O. The highest BCUT2D eigenvalue weighted by Gasteiger charge is 2.16. The van der Waals surface area contributed by atoms with Gasteiger partial charge in [0.2, 0.25) is 0 Å². The van der Waals surface area contributed by atoms with Crippen LogP contribution in [0.3, 0.4) is 0 Å². The van der Waals surface area contributed by atoms with E-state index >= 15 is 0 Å². The number of nitrogens with zero attached hydrogens (tertiary/aromatic N) is 5. The van der Waals surface area contributed by atoms with Crippen LogP contribution in [0.4, 0.5) is 10.5 Å². The van der Waals surface area contributed by atoms with Gasteiger partial charge in [-0.1, -0.05) is 6.07 Å². The molecule has 2 aromatic heterocycles. The van der Waals surface area contributed by atoms with Gasteiger partial charge in [-0.3, -0.25) is 9.67 Å². The Labute approximate surface area is 129 Å². The molecule has 0 saturated carbocycles. The third-order valence-corrected chi connectivity index (χ3v) is 3.30. The SMILES string of the molecule is CC(CC#N)N(C)C(=O)Nc1cnn(Cc2ccccn2)c1. The third-order valence-electron chi connectivity index (χ3n) is 3.30. The highest BCUT2D eigenvalue weighted by molar-refractivity contribution is 5.89. The molecule has 0 radical (unpaired) electrons. The molecule has 1 N–H and O–H groups in total. The van der Waals surface area contributed by atoms with Crippen molar-refractivity contribution in [1.29, 1.82) is 5.26 Å². The molecule has 7 nitrogen and oxygen atoms in total. The van der Waals surface area contributed by atoms with E-state index in [1.54, 1.807) is 30.3 Å². The zero-order chi connectivity index (χ0) is 15.9. The number of amides is 2. The number of aromatic nitrogens is 3. The number of hydrogen-bond acceptors (Lipinski definition) is 4. The Balaban J connectivity index is 1.94. The summed E-state index contributed by atoms with van der Waals surface area (Å²) < 4.78 is 1.71. The monoisotopic (exact) mass is 298 g/mol. The Kier molecular flexibility index (Phi) is 5.09. The van der Waals surface area contributed by atoms with Crippen molar-refractivity contribution < 1.29 is 4.79 Å². The second-order valence-electron chi connectivity index (χ2n) is 5.00. The van der Waals surface area contributed by atoms with E-state index in [9.17, 15) is 4.79 Å². The summed E-state index contributed by atoms with van der Waals surface area (Å²) in [6.45, 7) is 2.37. The molecule has 1 atom stereocenters. The predicted molar refractivity (Wildman–Crippen MR) is 82.0 cm³/mol. The number of hydrogen-bond donors (Lipinski definition) is 1. The molecule has 0 bridgehead atoms. The van der Waals surface area contributed by atoms with Crippen LogP contribution in [-0.2, 0) is 6.54 Å². The summed E-state index contributed by atoms with van der Waals surface area (Å²) in [6, 6.07) is 7.33. The Morgan fingerprint density at radius 2 is 2.36 bits per heavy atom. The van der Waals surface area contributed by atoms with Crippen LogP contribution in [0.1, 0.15) is 19.0 Å². The second kappa shape index (κ2) is 7.22. The summed E-state index contributed by atoms with van der Waals surface area (Å²) in [7, 11) is 1.66. The van der Waals surface area contributed by atoms with Crippen molar-refractivity contribution in [3.8, 4) is 6.07 Å². The summed E-state index contributed by atoms with van der Waals surface area (Å²) in [4.78, 5) is 17.8. The zero-order valence-corrected chi connectivity index (χ0v) is 12.6. The van der Waals surface area contributed by atoms with Crippen molar-refractivity contribution in [2.45, 2.75) is 25.9 Å². The molecule has 114 valence electrons. The smallest absolute Gasteiger partial charge is 0.321 e. The van der Waals surface area contributed by atoms with Gasteiger partial charge in [0, 0.05) is 25.5 Å². The molecule has 0 aliphatic heterocycles. The fourth-order valence-corrected chi connectivity index (χ4v) is 1.85. The first-order chi connectivity index (χ1) is 10.6. The van der Waals surface area contributed by atoms with E-state index in [1.165, 1.54) is 4.90 Å². The van der Waals surface area contributed by atoms with Crippen LogP contribution in [0, 0.1) is 11.3 Å². The van der Waals surface area contributed by atoms with E-state index in [0.29, 0.717) is 18.7 Å². The molecule has 1 unspecified atom stereocenters. The molecule has 0 spiro atoms. The van der Waals surface area contributed by atoms with Crippen LogP contribution in [0.5, 0.6) is 0 Å². The van der Waals surface area contributed by atoms with Crippen LogP contribution in [-0.4, -0.2) is 38.8 Å². The van der Waals surface area contributed by atoms with Gasteiger partial charge in [0.15, 0.2) is 0 Å². The average molecular weight is 298 g/mol. The van der Waals surface area contributed by atoms with Gasteiger partial charge in [-0.05, 0) is 19.1 Å². The lowest BCUT2D eigenvalue weighted by Crippen LogP contribution is -2.37. The molecule has 0 aromatic carbocycles. The van der Waals surface area contributed by atoms with E-state index in [1.807, 2.05) is 25.1 Å². The Morgan fingerprint density at radius 3 is 3.05 bits per heavy atom. The zero-order valence-electron chi connectivity index (χ0n) is 12.6. The number of pyridine rings is 1. The quantitative estimate of drug-likeness (QED) is 0.915. The molecule has 7 heteroatoms. The number of nitriles is 1. The van der Waals surface area contributed by atoms with Gasteiger partial charge in [-0.25, -0.2) is 4.79 Å². The lowest BCUT2D eigenvalue weighted by Gasteiger charge is -2.22. The fraction of sp³-hybridized carbons (Fsp3) is 0.333. The van der Waals surface area contributed by atoms with E-state index in [4.69, 9.17) is 5.26 Å². The van der Waals surface area contributed by atoms with Crippen molar-refractivity contribution in [3.63, 3.8) is 0 Å². The molecule has 22 heavy (non-hydrogen) atoms.